The van der Waals surface area contributed by atoms with Gasteiger partial charge in [0, 0.05) is 22.2 Å². The summed E-state index contributed by atoms with van der Waals surface area (Å²) in [7, 11) is 0. The van der Waals surface area contributed by atoms with Crippen molar-refractivity contribution in [2.75, 3.05) is 4.90 Å². The molecule has 1 heteroatoms. The van der Waals surface area contributed by atoms with E-state index in [4.69, 9.17) is 0 Å². The van der Waals surface area contributed by atoms with Gasteiger partial charge in [-0.05, 0) is 90.6 Å². The Hall–Kier alpha value is -5.66. The maximum atomic E-state index is 2.47. The van der Waals surface area contributed by atoms with Gasteiger partial charge in [0.25, 0.3) is 0 Å². The molecule has 8 aromatic carbocycles. The Morgan fingerprint density at radius 1 is 0.413 bits per heavy atom. The summed E-state index contributed by atoms with van der Waals surface area (Å²) in [5.41, 5.74) is 11.3. The number of fused-ring (bicyclic) bond motifs is 7. The fraction of sp³-hybridized carbons (Fsp3) is 0.0667. The van der Waals surface area contributed by atoms with Crippen LogP contribution in [0.25, 0.3) is 54.6 Å². The fourth-order valence-electron chi connectivity index (χ4n) is 7.85. The molecule has 8 aromatic rings. The summed E-state index contributed by atoms with van der Waals surface area (Å²) in [5.74, 6) is 0. The van der Waals surface area contributed by atoms with Crippen LogP contribution < -0.4 is 4.90 Å². The molecular weight excluding hydrogens is 555 g/mol. The lowest BCUT2D eigenvalue weighted by Crippen LogP contribution is -2.17. The van der Waals surface area contributed by atoms with Crippen LogP contribution in [-0.2, 0) is 5.41 Å². The molecule has 0 unspecified atom stereocenters. The summed E-state index contributed by atoms with van der Waals surface area (Å²) in [6, 6.07) is 60.2. The van der Waals surface area contributed by atoms with Gasteiger partial charge in [0.1, 0.15) is 0 Å². The second kappa shape index (κ2) is 10.2. The molecule has 46 heavy (non-hydrogen) atoms. The van der Waals surface area contributed by atoms with Crippen molar-refractivity contribution >= 4 is 49.4 Å². The Balaban J connectivity index is 1.37. The minimum atomic E-state index is -0.121. The molecule has 218 valence electrons. The highest BCUT2D eigenvalue weighted by atomic mass is 15.1. The number of hydrogen-bond acceptors (Lipinski definition) is 1. The van der Waals surface area contributed by atoms with E-state index in [1.807, 2.05) is 0 Å². The molecule has 0 saturated heterocycles. The number of hydrogen-bond donors (Lipinski definition) is 0. The van der Waals surface area contributed by atoms with Crippen molar-refractivity contribution in [1.29, 1.82) is 0 Å². The fourth-order valence-corrected chi connectivity index (χ4v) is 7.85. The van der Waals surface area contributed by atoms with Crippen LogP contribution in [-0.4, -0.2) is 0 Å². The molecule has 0 saturated carbocycles. The van der Waals surface area contributed by atoms with Crippen LogP contribution in [0.15, 0.2) is 164 Å². The highest BCUT2D eigenvalue weighted by Crippen LogP contribution is 2.54. The molecule has 1 nitrogen and oxygen atoms in total. The highest BCUT2D eigenvalue weighted by molar-refractivity contribution is 6.09. The summed E-state index contributed by atoms with van der Waals surface area (Å²) < 4.78 is 0. The van der Waals surface area contributed by atoms with Crippen molar-refractivity contribution in [1.82, 2.24) is 0 Å². The van der Waals surface area contributed by atoms with Gasteiger partial charge in [0.15, 0.2) is 0 Å². The molecule has 0 aliphatic heterocycles. The maximum absolute atomic E-state index is 2.47. The van der Waals surface area contributed by atoms with Crippen molar-refractivity contribution in [3.63, 3.8) is 0 Å². The van der Waals surface area contributed by atoms with Gasteiger partial charge in [0.05, 0.1) is 5.69 Å². The zero-order valence-corrected chi connectivity index (χ0v) is 26.0. The van der Waals surface area contributed by atoms with Crippen molar-refractivity contribution in [2.45, 2.75) is 19.3 Å². The number of benzene rings is 8. The maximum Gasteiger partial charge on any atom is 0.0540 e. The van der Waals surface area contributed by atoms with E-state index in [-0.39, 0.29) is 5.41 Å². The third-order valence-corrected chi connectivity index (χ3v) is 9.98. The van der Waals surface area contributed by atoms with Crippen molar-refractivity contribution in [3.05, 3.63) is 175 Å². The van der Waals surface area contributed by atoms with E-state index in [1.54, 1.807) is 0 Å². The second-order valence-electron chi connectivity index (χ2n) is 13.0. The van der Waals surface area contributed by atoms with E-state index in [0.29, 0.717) is 0 Å². The largest absolute Gasteiger partial charge is 0.310 e. The third-order valence-electron chi connectivity index (χ3n) is 9.98. The Kier molecular flexibility index (Phi) is 5.92. The SMILES string of the molecule is CC1(C)c2ccccc2-c2cc(N(c3ccc4c(ccc5ccccc54)c3)c3cccc4ccccc34)cc(-c3ccccc3)c21. The molecule has 0 spiro atoms. The molecule has 0 amide bonds. The Morgan fingerprint density at radius 3 is 1.89 bits per heavy atom. The lowest BCUT2D eigenvalue weighted by Gasteiger charge is -2.30. The average Bonchev–Trinajstić information content (AvgIpc) is 3.34. The zero-order valence-electron chi connectivity index (χ0n) is 26.0. The molecule has 9 rings (SSSR count). The summed E-state index contributed by atoms with van der Waals surface area (Å²) >= 11 is 0. The first kappa shape index (κ1) is 26.7. The Labute approximate surface area is 270 Å². The van der Waals surface area contributed by atoms with Gasteiger partial charge in [-0.1, -0.05) is 147 Å². The lowest BCUT2D eigenvalue weighted by molar-refractivity contribution is 0.662. The average molecular weight is 588 g/mol. The van der Waals surface area contributed by atoms with E-state index >= 15 is 0 Å². The van der Waals surface area contributed by atoms with Gasteiger partial charge in [-0.2, -0.15) is 0 Å². The first-order valence-electron chi connectivity index (χ1n) is 16.1. The van der Waals surface area contributed by atoms with Crippen LogP contribution in [0, 0.1) is 0 Å². The molecule has 0 N–H and O–H groups in total. The molecule has 0 heterocycles. The Morgan fingerprint density at radius 2 is 1.04 bits per heavy atom. The molecule has 0 fully saturated rings. The third kappa shape index (κ3) is 4.02. The van der Waals surface area contributed by atoms with Gasteiger partial charge in [-0.25, -0.2) is 0 Å². The molecule has 0 radical (unpaired) electrons. The van der Waals surface area contributed by atoms with E-state index < -0.39 is 0 Å². The first-order valence-corrected chi connectivity index (χ1v) is 16.1. The molecule has 0 atom stereocenters. The number of rotatable bonds is 4. The molecule has 1 aliphatic rings. The molecule has 0 bridgehead atoms. The standard InChI is InChI=1S/C45H33N/c1-45(2)42-21-11-10-20-39(42)41-29-35(28-40(44(41)45)31-13-4-3-5-14-31)46(43-22-12-17-30-15-7-9-19-38(30)43)34-25-26-37-33(27-34)24-23-32-16-6-8-18-36(32)37/h3-29H,1-2H3. The summed E-state index contributed by atoms with van der Waals surface area (Å²) in [6.07, 6.45) is 0. The van der Waals surface area contributed by atoms with E-state index in [1.165, 1.54) is 71.4 Å². The van der Waals surface area contributed by atoms with Gasteiger partial charge in [-0.3, -0.25) is 0 Å². The second-order valence-corrected chi connectivity index (χ2v) is 13.0. The van der Waals surface area contributed by atoms with Crippen LogP contribution in [0.3, 0.4) is 0 Å². The smallest absolute Gasteiger partial charge is 0.0540 e. The summed E-state index contributed by atoms with van der Waals surface area (Å²) in [6.45, 7) is 4.75. The van der Waals surface area contributed by atoms with Crippen LogP contribution >= 0.6 is 0 Å². The van der Waals surface area contributed by atoms with Gasteiger partial charge >= 0.3 is 0 Å². The van der Waals surface area contributed by atoms with Gasteiger partial charge in [-0.15, -0.1) is 0 Å². The van der Waals surface area contributed by atoms with E-state index in [2.05, 4.69) is 183 Å². The zero-order chi connectivity index (χ0) is 30.8. The van der Waals surface area contributed by atoms with Crippen molar-refractivity contribution < 1.29 is 0 Å². The Bertz CT molecular complexity index is 2450. The lowest BCUT2D eigenvalue weighted by atomic mass is 9.78. The van der Waals surface area contributed by atoms with Gasteiger partial charge < -0.3 is 4.90 Å². The monoisotopic (exact) mass is 587 g/mol. The molecular formula is C45H33N. The van der Waals surface area contributed by atoms with E-state index in [0.717, 1.165) is 11.4 Å². The first-order chi connectivity index (χ1) is 22.6. The normalized spacial score (nSPS) is 13.2. The minimum absolute atomic E-state index is 0.121. The van der Waals surface area contributed by atoms with Crippen LogP contribution in [0.4, 0.5) is 17.1 Å². The predicted octanol–water partition coefficient (Wildman–Crippen LogP) is 12.6. The van der Waals surface area contributed by atoms with E-state index in [9.17, 15) is 0 Å². The quantitative estimate of drug-likeness (QED) is 0.185. The summed E-state index contributed by atoms with van der Waals surface area (Å²) in [5, 5.41) is 7.51. The molecule has 0 aromatic heterocycles. The summed E-state index contributed by atoms with van der Waals surface area (Å²) in [4.78, 5) is 2.47. The van der Waals surface area contributed by atoms with Crippen molar-refractivity contribution in [3.8, 4) is 22.3 Å². The molecule has 1 aliphatic carbocycles. The predicted molar refractivity (Wildman–Crippen MR) is 197 cm³/mol. The van der Waals surface area contributed by atoms with Crippen LogP contribution in [0.5, 0.6) is 0 Å². The topological polar surface area (TPSA) is 3.24 Å². The van der Waals surface area contributed by atoms with Crippen LogP contribution in [0.1, 0.15) is 25.0 Å². The number of nitrogens with zero attached hydrogens (tertiary/aromatic N) is 1. The van der Waals surface area contributed by atoms with Crippen molar-refractivity contribution in [2.24, 2.45) is 0 Å². The highest BCUT2D eigenvalue weighted by Gasteiger charge is 2.38. The minimum Gasteiger partial charge on any atom is -0.310 e. The van der Waals surface area contributed by atoms with Gasteiger partial charge in [0.2, 0.25) is 0 Å². The van der Waals surface area contributed by atoms with Crippen LogP contribution in [0.2, 0.25) is 0 Å². The number of anilines is 3.